The highest BCUT2D eigenvalue weighted by molar-refractivity contribution is 8.26. The standard InChI is InChI=1S/C22H22N2O3S2/c1-3-27-18-10-8-17(9-11-18)23-20(25)12-13-24-21(26)19(29-22(24)28)14-16-6-4-15(2)5-7-16/h4-11,14H,3,12-13H2,1-2H3,(H,23,25)/b19-14+. The fourth-order valence-corrected chi connectivity index (χ4v) is 4.05. The minimum Gasteiger partial charge on any atom is -0.494 e. The SMILES string of the molecule is CCOc1ccc(NC(=O)CCN2C(=O)/C(=C\c3ccc(C)cc3)SC2=S)cc1. The molecule has 7 heteroatoms. The Hall–Kier alpha value is -2.64. The van der Waals surface area contributed by atoms with Gasteiger partial charge >= 0.3 is 0 Å². The average molecular weight is 427 g/mol. The van der Waals surface area contributed by atoms with Crippen molar-refractivity contribution in [3.8, 4) is 5.75 Å². The normalized spacial score (nSPS) is 15.1. The number of carbonyl (C=O) groups is 2. The predicted molar refractivity (Wildman–Crippen MR) is 122 cm³/mol. The lowest BCUT2D eigenvalue weighted by atomic mass is 10.1. The van der Waals surface area contributed by atoms with E-state index in [-0.39, 0.29) is 24.8 Å². The topological polar surface area (TPSA) is 58.6 Å². The number of hydrogen-bond acceptors (Lipinski definition) is 5. The van der Waals surface area contributed by atoms with E-state index in [1.165, 1.54) is 16.7 Å². The summed E-state index contributed by atoms with van der Waals surface area (Å²) in [6, 6.07) is 15.1. The van der Waals surface area contributed by atoms with Gasteiger partial charge in [-0.3, -0.25) is 14.5 Å². The van der Waals surface area contributed by atoms with Crippen molar-refractivity contribution in [1.82, 2.24) is 4.90 Å². The van der Waals surface area contributed by atoms with Gasteiger partial charge in [0.15, 0.2) is 0 Å². The second kappa shape index (κ2) is 9.71. The van der Waals surface area contributed by atoms with E-state index in [2.05, 4.69) is 5.32 Å². The molecule has 2 aromatic rings. The number of hydrogen-bond donors (Lipinski definition) is 1. The molecule has 1 saturated heterocycles. The summed E-state index contributed by atoms with van der Waals surface area (Å²) in [5, 5.41) is 2.82. The molecule has 1 aliphatic rings. The minimum absolute atomic E-state index is 0.158. The van der Waals surface area contributed by atoms with Crippen molar-refractivity contribution in [2.24, 2.45) is 0 Å². The molecule has 0 spiro atoms. The van der Waals surface area contributed by atoms with Gasteiger partial charge in [-0.25, -0.2) is 0 Å². The Morgan fingerprint density at radius 1 is 1.17 bits per heavy atom. The summed E-state index contributed by atoms with van der Waals surface area (Å²) in [7, 11) is 0. The maximum Gasteiger partial charge on any atom is 0.266 e. The molecular formula is C22H22N2O3S2. The zero-order valence-electron chi connectivity index (χ0n) is 16.3. The average Bonchev–Trinajstić information content (AvgIpc) is 2.96. The maximum absolute atomic E-state index is 12.7. The molecule has 0 unspecified atom stereocenters. The number of nitrogens with one attached hydrogen (secondary N) is 1. The molecule has 1 aliphatic heterocycles. The molecule has 0 bridgehead atoms. The van der Waals surface area contributed by atoms with E-state index < -0.39 is 0 Å². The summed E-state index contributed by atoms with van der Waals surface area (Å²) >= 11 is 6.60. The van der Waals surface area contributed by atoms with Crippen LogP contribution in [0.4, 0.5) is 5.69 Å². The largest absolute Gasteiger partial charge is 0.494 e. The fraction of sp³-hybridized carbons (Fsp3) is 0.227. The highest BCUT2D eigenvalue weighted by Crippen LogP contribution is 2.32. The van der Waals surface area contributed by atoms with Gasteiger partial charge in [-0.1, -0.05) is 53.8 Å². The number of aryl methyl sites for hydroxylation is 1. The molecule has 29 heavy (non-hydrogen) atoms. The van der Waals surface area contributed by atoms with Gasteiger partial charge in [0.2, 0.25) is 5.91 Å². The number of thioether (sulfide) groups is 1. The quantitative estimate of drug-likeness (QED) is 0.517. The van der Waals surface area contributed by atoms with Crippen molar-refractivity contribution >= 4 is 51.9 Å². The van der Waals surface area contributed by atoms with Crippen molar-refractivity contribution in [1.29, 1.82) is 0 Å². The van der Waals surface area contributed by atoms with Crippen LogP contribution < -0.4 is 10.1 Å². The zero-order chi connectivity index (χ0) is 20.8. The lowest BCUT2D eigenvalue weighted by Crippen LogP contribution is -2.31. The van der Waals surface area contributed by atoms with Crippen LogP contribution in [0.2, 0.25) is 0 Å². The molecule has 150 valence electrons. The van der Waals surface area contributed by atoms with Crippen molar-refractivity contribution in [3.63, 3.8) is 0 Å². The highest BCUT2D eigenvalue weighted by atomic mass is 32.2. The van der Waals surface area contributed by atoms with E-state index in [1.54, 1.807) is 24.3 Å². The Kier molecular flexibility index (Phi) is 7.06. The zero-order valence-corrected chi connectivity index (χ0v) is 17.9. The number of thiocarbonyl (C=S) groups is 1. The summed E-state index contributed by atoms with van der Waals surface area (Å²) in [5.74, 6) is 0.420. The van der Waals surface area contributed by atoms with Crippen LogP contribution in [0, 0.1) is 6.92 Å². The van der Waals surface area contributed by atoms with Crippen LogP contribution in [0.5, 0.6) is 5.75 Å². The van der Waals surface area contributed by atoms with Crippen molar-refractivity contribution in [2.45, 2.75) is 20.3 Å². The van der Waals surface area contributed by atoms with Crippen molar-refractivity contribution < 1.29 is 14.3 Å². The van der Waals surface area contributed by atoms with Crippen molar-refractivity contribution in [3.05, 3.63) is 64.6 Å². The summed E-state index contributed by atoms with van der Waals surface area (Å²) in [6.07, 6.45) is 2.00. The molecule has 3 rings (SSSR count). The van der Waals surface area contributed by atoms with Crippen LogP contribution in [0.15, 0.2) is 53.4 Å². The number of nitrogens with zero attached hydrogens (tertiary/aromatic N) is 1. The first-order chi connectivity index (χ1) is 14.0. The Bertz CT molecular complexity index is 938. The summed E-state index contributed by atoms with van der Waals surface area (Å²) in [4.78, 5) is 27.0. The molecule has 0 aromatic heterocycles. The smallest absolute Gasteiger partial charge is 0.266 e. The minimum atomic E-state index is -0.175. The number of amides is 2. The molecule has 0 saturated carbocycles. The van der Waals surface area contributed by atoms with Crippen LogP contribution in [0.3, 0.4) is 0 Å². The summed E-state index contributed by atoms with van der Waals surface area (Å²) < 4.78 is 5.86. The van der Waals surface area contributed by atoms with Gasteiger partial charge in [0.05, 0.1) is 11.5 Å². The molecule has 1 N–H and O–H groups in total. The van der Waals surface area contributed by atoms with E-state index in [9.17, 15) is 9.59 Å². The van der Waals surface area contributed by atoms with Crippen LogP contribution in [-0.4, -0.2) is 34.2 Å². The third-order valence-electron chi connectivity index (χ3n) is 4.26. The lowest BCUT2D eigenvalue weighted by molar-refractivity contribution is -0.122. The second-order valence-corrected chi connectivity index (χ2v) is 8.18. The Balaban J connectivity index is 1.55. The van der Waals surface area contributed by atoms with Gasteiger partial charge in [-0.05, 0) is 49.8 Å². The number of rotatable bonds is 7. The van der Waals surface area contributed by atoms with Crippen LogP contribution >= 0.6 is 24.0 Å². The Morgan fingerprint density at radius 2 is 1.86 bits per heavy atom. The third kappa shape index (κ3) is 5.68. The first-order valence-electron chi connectivity index (χ1n) is 9.31. The summed E-state index contributed by atoms with van der Waals surface area (Å²) in [6.45, 7) is 4.77. The van der Waals surface area contributed by atoms with Crippen LogP contribution in [-0.2, 0) is 9.59 Å². The fourth-order valence-electron chi connectivity index (χ4n) is 2.74. The molecule has 1 fully saturated rings. The third-order valence-corrected chi connectivity index (χ3v) is 5.64. The molecule has 1 heterocycles. The molecule has 0 atom stereocenters. The maximum atomic E-state index is 12.7. The monoisotopic (exact) mass is 426 g/mol. The Morgan fingerprint density at radius 3 is 2.52 bits per heavy atom. The van der Waals surface area contributed by atoms with Crippen molar-refractivity contribution in [2.75, 3.05) is 18.5 Å². The van der Waals surface area contributed by atoms with Gasteiger partial charge in [0.25, 0.3) is 5.91 Å². The second-order valence-electron chi connectivity index (χ2n) is 6.50. The van der Waals surface area contributed by atoms with Gasteiger partial charge in [-0.2, -0.15) is 0 Å². The first-order valence-corrected chi connectivity index (χ1v) is 10.5. The molecular weight excluding hydrogens is 404 g/mol. The van der Waals surface area contributed by atoms with E-state index in [0.717, 1.165) is 16.9 Å². The summed E-state index contributed by atoms with van der Waals surface area (Å²) in [5.41, 5.74) is 2.79. The molecule has 0 radical (unpaired) electrons. The first kappa shape index (κ1) is 21.1. The van der Waals surface area contributed by atoms with Crippen LogP contribution in [0.1, 0.15) is 24.5 Å². The van der Waals surface area contributed by atoms with E-state index in [0.29, 0.717) is 21.5 Å². The van der Waals surface area contributed by atoms with Gasteiger partial charge in [0, 0.05) is 18.7 Å². The van der Waals surface area contributed by atoms with E-state index in [4.69, 9.17) is 17.0 Å². The molecule has 0 aliphatic carbocycles. The Labute approximate surface area is 180 Å². The van der Waals surface area contributed by atoms with Gasteiger partial charge in [-0.15, -0.1) is 0 Å². The number of ether oxygens (including phenoxy) is 1. The van der Waals surface area contributed by atoms with E-state index >= 15 is 0 Å². The molecule has 2 aromatic carbocycles. The number of anilines is 1. The number of benzene rings is 2. The number of carbonyl (C=O) groups excluding carboxylic acids is 2. The van der Waals surface area contributed by atoms with Gasteiger partial charge < -0.3 is 10.1 Å². The predicted octanol–water partition coefficient (Wildman–Crippen LogP) is 4.62. The lowest BCUT2D eigenvalue weighted by Gasteiger charge is -2.14. The molecule has 5 nitrogen and oxygen atoms in total. The van der Waals surface area contributed by atoms with Crippen LogP contribution in [0.25, 0.3) is 6.08 Å². The highest BCUT2D eigenvalue weighted by Gasteiger charge is 2.32. The van der Waals surface area contributed by atoms with Gasteiger partial charge in [0.1, 0.15) is 10.1 Å². The molecule has 2 amide bonds. The van der Waals surface area contributed by atoms with E-state index in [1.807, 2.05) is 44.2 Å².